The number of hydrogen-bond donors (Lipinski definition) is 1. The number of carbonyl (C=O) groups excluding carboxylic acids is 1. The second kappa shape index (κ2) is 6.97. The fraction of sp³-hybridized carbons (Fsp3) is 0.500. The Morgan fingerprint density at radius 3 is 2.50 bits per heavy atom. The van der Waals surface area contributed by atoms with Gasteiger partial charge in [0.15, 0.2) is 17.5 Å². The van der Waals surface area contributed by atoms with Gasteiger partial charge in [-0.3, -0.25) is 4.79 Å². The fourth-order valence-corrected chi connectivity index (χ4v) is 1.88. The minimum absolute atomic E-state index is 0.209. The van der Waals surface area contributed by atoms with Gasteiger partial charge in [-0.25, -0.2) is 13.2 Å². The normalized spacial score (nSPS) is 11.5. The van der Waals surface area contributed by atoms with Gasteiger partial charge in [-0.1, -0.05) is 13.8 Å². The van der Waals surface area contributed by atoms with Crippen LogP contribution in [0.25, 0.3) is 0 Å². The number of hydrogen-bond acceptors (Lipinski definition) is 1. The lowest BCUT2D eigenvalue weighted by atomic mass is 9.88. The summed E-state index contributed by atoms with van der Waals surface area (Å²) < 4.78 is 39.3. The molecule has 1 rings (SSSR count). The molecule has 0 unspecified atom stereocenters. The zero-order chi connectivity index (χ0) is 15.3. The standard InChI is InChI=1S/C14H17ClF3NO/c1-14(2,6-3-7-15)8-19-13(20)9-4-5-10(16)12(18)11(9)17/h4-5H,3,6-8H2,1-2H3,(H,19,20). The summed E-state index contributed by atoms with van der Waals surface area (Å²) in [4.78, 5) is 11.8. The van der Waals surface area contributed by atoms with Gasteiger partial charge >= 0.3 is 0 Å². The van der Waals surface area contributed by atoms with E-state index in [-0.39, 0.29) is 5.41 Å². The van der Waals surface area contributed by atoms with Crippen LogP contribution in [-0.2, 0) is 0 Å². The van der Waals surface area contributed by atoms with Gasteiger partial charge in [0.2, 0.25) is 0 Å². The first-order chi connectivity index (χ1) is 9.28. The molecular weight excluding hydrogens is 291 g/mol. The molecule has 0 atom stereocenters. The zero-order valence-electron chi connectivity index (χ0n) is 11.4. The van der Waals surface area contributed by atoms with Crippen molar-refractivity contribution in [2.45, 2.75) is 26.7 Å². The largest absolute Gasteiger partial charge is 0.351 e. The van der Waals surface area contributed by atoms with E-state index in [0.29, 0.717) is 12.4 Å². The van der Waals surface area contributed by atoms with Crippen LogP contribution in [0.4, 0.5) is 13.2 Å². The minimum atomic E-state index is -1.64. The topological polar surface area (TPSA) is 29.1 Å². The van der Waals surface area contributed by atoms with E-state index in [1.807, 2.05) is 13.8 Å². The van der Waals surface area contributed by atoms with Crippen molar-refractivity contribution in [3.63, 3.8) is 0 Å². The smallest absolute Gasteiger partial charge is 0.254 e. The number of amides is 1. The Morgan fingerprint density at radius 1 is 1.25 bits per heavy atom. The van der Waals surface area contributed by atoms with Crippen molar-refractivity contribution in [1.29, 1.82) is 0 Å². The summed E-state index contributed by atoms with van der Waals surface area (Å²) in [6.07, 6.45) is 1.58. The Labute approximate surface area is 121 Å². The molecular formula is C14H17ClF3NO. The molecule has 1 amide bonds. The molecule has 0 aromatic heterocycles. The molecule has 20 heavy (non-hydrogen) atoms. The molecule has 0 aliphatic carbocycles. The summed E-state index contributed by atoms with van der Waals surface area (Å²) in [5.74, 6) is -4.67. The molecule has 0 bridgehead atoms. The summed E-state index contributed by atoms with van der Waals surface area (Å²) >= 11 is 5.61. The van der Waals surface area contributed by atoms with Gasteiger partial charge in [-0.05, 0) is 30.4 Å². The van der Waals surface area contributed by atoms with E-state index in [0.717, 1.165) is 25.0 Å². The molecule has 6 heteroatoms. The van der Waals surface area contributed by atoms with Crippen LogP contribution in [0.15, 0.2) is 12.1 Å². The van der Waals surface area contributed by atoms with Crippen molar-refractivity contribution < 1.29 is 18.0 Å². The van der Waals surface area contributed by atoms with Gasteiger partial charge in [0.25, 0.3) is 5.91 Å². The van der Waals surface area contributed by atoms with Crippen molar-refractivity contribution >= 4 is 17.5 Å². The molecule has 0 radical (unpaired) electrons. The third-order valence-corrected chi connectivity index (χ3v) is 3.26. The van der Waals surface area contributed by atoms with Crippen LogP contribution in [0.1, 0.15) is 37.0 Å². The maximum atomic E-state index is 13.4. The number of carbonyl (C=O) groups is 1. The number of nitrogens with one attached hydrogen (secondary N) is 1. The van der Waals surface area contributed by atoms with Gasteiger partial charge in [-0.2, -0.15) is 0 Å². The summed E-state index contributed by atoms with van der Waals surface area (Å²) in [6, 6.07) is 1.65. The number of alkyl halides is 1. The first-order valence-corrected chi connectivity index (χ1v) is 6.79. The molecule has 1 aromatic rings. The van der Waals surface area contributed by atoms with E-state index in [4.69, 9.17) is 11.6 Å². The van der Waals surface area contributed by atoms with Crippen molar-refractivity contribution in [1.82, 2.24) is 5.32 Å². The molecule has 1 N–H and O–H groups in total. The Kier molecular flexibility index (Phi) is 5.87. The average molecular weight is 308 g/mol. The van der Waals surface area contributed by atoms with Gasteiger partial charge < -0.3 is 5.32 Å². The molecule has 0 spiro atoms. The van der Waals surface area contributed by atoms with Crippen LogP contribution in [-0.4, -0.2) is 18.3 Å². The Hall–Kier alpha value is -1.23. The Balaban J connectivity index is 2.71. The summed E-state index contributed by atoms with van der Waals surface area (Å²) in [6.45, 7) is 4.16. The molecule has 0 heterocycles. The molecule has 0 fully saturated rings. The average Bonchev–Trinajstić information content (AvgIpc) is 2.40. The highest BCUT2D eigenvalue weighted by molar-refractivity contribution is 6.17. The molecule has 0 saturated carbocycles. The van der Waals surface area contributed by atoms with Crippen molar-refractivity contribution in [3.05, 3.63) is 35.1 Å². The molecule has 0 aliphatic rings. The van der Waals surface area contributed by atoms with Gasteiger partial charge in [0, 0.05) is 12.4 Å². The van der Waals surface area contributed by atoms with E-state index in [2.05, 4.69) is 5.32 Å². The van der Waals surface area contributed by atoms with Crippen LogP contribution < -0.4 is 5.32 Å². The summed E-state index contributed by atoms with van der Waals surface area (Å²) in [5.41, 5.74) is -0.711. The highest BCUT2D eigenvalue weighted by Crippen LogP contribution is 2.22. The zero-order valence-corrected chi connectivity index (χ0v) is 12.2. The fourth-order valence-electron chi connectivity index (χ4n) is 1.75. The number of rotatable bonds is 6. The van der Waals surface area contributed by atoms with E-state index in [9.17, 15) is 18.0 Å². The molecule has 0 aliphatic heterocycles. The second-order valence-electron chi connectivity index (χ2n) is 5.36. The predicted octanol–water partition coefficient (Wildman–Crippen LogP) is 3.88. The van der Waals surface area contributed by atoms with E-state index in [1.54, 1.807) is 0 Å². The summed E-state index contributed by atoms with van der Waals surface area (Å²) in [5, 5.41) is 2.52. The molecule has 112 valence electrons. The van der Waals surface area contributed by atoms with Crippen LogP contribution in [0.2, 0.25) is 0 Å². The van der Waals surface area contributed by atoms with E-state index in [1.165, 1.54) is 0 Å². The first-order valence-electron chi connectivity index (χ1n) is 6.26. The van der Waals surface area contributed by atoms with Gasteiger partial charge in [0.1, 0.15) is 0 Å². The van der Waals surface area contributed by atoms with Crippen molar-refractivity contribution in [2.75, 3.05) is 12.4 Å². The lowest BCUT2D eigenvalue weighted by Crippen LogP contribution is -2.34. The molecule has 1 aromatic carbocycles. The Morgan fingerprint density at radius 2 is 1.90 bits per heavy atom. The van der Waals surface area contributed by atoms with E-state index < -0.39 is 28.9 Å². The predicted molar refractivity (Wildman–Crippen MR) is 72.4 cm³/mol. The maximum Gasteiger partial charge on any atom is 0.254 e. The lowest BCUT2D eigenvalue weighted by molar-refractivity contribution is 0.0929. The third kappa shape index (κ3) is 4.40. The second-order valence-corrected chi connectivity index (χ2v) is 5.74. The van der Waals surface area contributed by atoms with Gasteiger partial charge in [0.05, 0.1) is 5.56 Å². The first kappa shape index (κ1) is 16.8. The van der Waals surface area contributed by atoms with E-state index >= 15 is 0 Å². The van der Waals surface area contributed by atoms with Crippen LogP contribution in [0.5, 0.6) is 0 Å². The van der Waals surface area contributed by atoms with Crippen LogP contribution in [0.3, 0.4) is 0 Å². The molecule has 2 nitrogen and oxygen atoms in total. The molecule has 0 saturated heterocycles. The minimum Gasteiger partial charge on any atom is -0.351 e. The maximum absolute atomic E-state index is 13.4. The van der Waals surface area contributed by atoms with Crippen molar-refractivity contribution in [2.24, 2.45) is 5.41 Å². The SMILES string of the molecule is CC(C)(CCCCl)CNC(=O)c1ccc(F)c(F)c1F. The Bertz CT molecular complexity index is 492. The monoisotopic (exact) mass is 307 g/mol. The third-order valence-electron chi connectivity index (χ3n) is 2.99. The highest BCUT2D eigenvalue weighted by Gasteiger charge is 2.22. The van der Waals surface area contributed by atoms with Crippen LogP contribution >= 0.6 is 11.6 Å². The highest BCUT2D eigenvalue weighted by atomic mass is 35.5. The summed E-state index contributed by atoms with van der Waals surface area (Å²) in [7, 11) is 0. The number of halogens is 4. The number of benzene rings is 1. The lowest BCUT2D eigenvalue weighted by Gasteiger charge is -2.24. The van der Waals surface area contributed by atoms with Crippen molar-refractivity contribution in [3.8, 4) is 0 Å². The van der Waals surface area contributed by atoms with Crippen LogP contribution in [0, 0.1) is 22.9 Å². The van der Waals surface area contributed by atoms with Gasteiger partial charge in [-0.15, -0.1) is 11.6 Å². The quantitative estimate of drug-likeness (QED) is 0.627.